The van der Waals surface area contributed by atoms with Crippen LogP contribution >= 0.6 is 11.3 Å². The molecule has 2 N–H and O–H groups in total. The van der Waals surface area contributed by atoms with E-state index in [2.05, 4.69) is 5.32 Å². The molecule has 1 atom stereocenters. The Balaban J connectivity index is 1.43. The molecule has 0 aliphatic carbocycles. The fourth-order valence-corrected chi connectivity index (χ4v) is 6.35. The SMILES string of the molecule is C[C@H](COc1ccc(Cc2sc(=O)n(C(c3ccccc3)(c3ccccc3)c3ccccc3)c2O)cc1)NC(=O)OC(C)(C)C. The number of benzene rings is 4. The van der Waals surface area contributed by atoms with Gasteiger partial charge in [0.2, 0.25) is 5.88 Å². The third-order valence-corrected chi connectivity index (χ3v) is 8.25. The molecule has 8 heteroatoms. The van der Waals surface area contributed by atoms with E-state index in [4.69, 9.17) is 9.47 Å². The first kappa shape index (κ1) is 31.6. The van der Waals surface area contributed by atoms with Crippen molar-refractivity contribution in [3.63, 3.8) is 0 Å². The number of alkyl carbamates (subject to hydrolysis) is 1. The van der Waals surface area contributed by atoms with Crippen LogP contribution in [0, 0.1) is 0 Å². The summed E-state index contributed by atoms with van der Waals surface area (Å²) in [6.45, 7) is 7.55. The number of aromatic nitrogens is 1. The van der Waals surface area contributed by atoms with Crippen LogP contribution in [0.1, 0.15) is 54.8 Å². The lowest BCUT2D eigenvalue weighted by Gasteiger charge is -2.37. The Morgan fingerprint density at radius 1 is 0.822 bits per heavy atom. The van der Waals surface area contributed by atoms with Crippen molar-refractivity contribution in [3.05, 3.63) is 152 Å². The summed E-state index contributed by atoms with van der Waals surface area (Å²) in [5, 5.41) is 14.6. The molecule has 1 amide bonds. The van der Waals surface area contributed by atoms with Crippen LogP contribution < -0.4 is 14.9 Å². The number of nitrogens with one attached hydrogen (secondary N) is 1. The Hall–Kier alpha value is -4.82. The van der Waals surface area contributed by atoms with E-state index in [0.29, 0.717) is 17.0 Å². The van der Waals surface area contributed by atoms with Gasteiger partial charge in [-0.1, -0.05) is 114 Å². The second-order valence-corrected chi connectivity index (χ2v) is 13.0. The van der Waals surface area contributed by atoms with Crippen molar-refractivity contribution in [3.8, 4) is 11.6 Å². The van der Waals surface area contributed by atoms with Gasteiger partial charge in [0.05, 0.1) is 10.9 Å². The van der Waals surface area contributed by atoms with Crippen LogP contribution in [0.3, 0.4) is 0 Å². The van der Waals surface area contributed by atoms with E-state index in [1.54, 1.807) is 0 Å². The van der Waals surface area contributed by atoms with E-state index in [9.17, 15) is 14.7 Å². The van der Waals surface area contributed by atoms with E-state index in [0.717, 1.165) is 33.6 Å². The molecule has 0 unspecified atom stereocenters. The summed E-state index contributed by atoms with van der Waals surface area (Å²) in [6, 6.07) is 36.7. The number of carbonyl (C=O) groups is 1. The molecule has 0 aliphatic heterocycles. The predicted octanol–water partition coefficient (Wildman–Crippen LogP) is 7.34. The highest BCUT2D eigenvalue weighted by Crippen LogP contribution is 2.43. The van der Waals surface area contributed by atoms with Crippen LogP contribution in [0.25, 0.3) is 0 Å². The summed E-state index contributed by atoms with van der Waals surface area (Å²) in [5.41, 5.74) is 1.83. The lowest BCUT2D eigenvalue weighted by atomic mass is 9.76. The molecule has 0 spiro atoms. The van der Waals surface area contributed by atoms with Gasteiger partial charge in [0.25, 0.3) is 0 Å². The number of hydrogen-bond donors (Lipinski definition) is 2. The molecule has 45 heavy (non-hydrogen) atoms. The molecule has 1 heterocycles. The molecule has 1 aromatic heterocycles. The fraction of sp³-hybridized carbons (Fsp3) is 0.243. The standard InChI is InChI=1S/C37H38N2O5S/c1-26(38-34(41)44-36(2,3)4)25-43-31-22-20-27(21-23-31)24-32-33(40)39(35(42)45-32)37(28-14-8-5-9-15-28,29-16-10-6-11-17-29)30-18-12-7-13-19-30/h5-23,26,40H,24-25H2,1-4H3,(H,38,41)/t26-/m1/s1. The minimum atomic E-state index is -1.10. The highest BCUT2D eigenvalue weighted by atomic mass is 32.1. The first-order valence-electron chi connectivity index (χ1n) is 14.9. The third kappa shape index (κ3) is 7.13. The molecule has 0 saturated heterocycles. The minimum Gasteiger partial charge on any atom is -0.494 e. The predicted molar refractivity (Wildman–Crippen MR) is 178 cm³/mol. The van der Waals surface area contributed by atoms with Gasteiger partial charge in [0.1, 0.15) is 23.5 Å². The molecule has 5 aromatic rings. The van der Waals surface area contributed by atoms with Gasteiger partial charge in [-0.05, 0) is 62.1 Å². The molecule has 0 saturated carbocycles. The van der Waals surface area contributed by atoms with Crippen LogP contribution in [-0.2, 0) is 16.7 Å². The summed E-state index contributed by atoms with van der Waals surface area (Å²) in [6.07, 6.45) is -0.125. The zero-order valence-corrected chi connectivity index (χ0v) is 26.7. The van der Waals surface area contributed by atoms with Crippen LogP contribution in [-0.4, -0.2) is 34.0 Å². The molecule has 5 rings (SSSR count). The van der Waals surface area contributed by atoms with E-state index in [1.165, 1.54) is 4.57 Å². The number of amides is 1. The third-order valence-electron chi connectivity index (χ3n) is 7.32. The van der Waals surface area contributed by atoms with Gasteiger partial charge in [0.15, 0.2) is 0 Å². The molecule has 0 fully saturated rings. The van der Waals surface area contributed by atoms with Crippen molar-refractivity contribution >= 4 is 17.4 Å². The van der Waals surface area contributed by atoms with Crippen molar-refractivity contribution < 1.29 is 19.4 Å². The molecule has 0 bridgehead atoms. The topological polar surface area (TPSA) is 89.8 Å². The van der Waals surface area contributed by atoms with Gasteiger partial charge < -0.3 is 19.9 Å². The maximum Gasteiger partial charge on any atom is 0.407 e. The minimum absolute atomic E-state index is 0.0658. The number of carbonyl (C=O) groups excluding carboxylic acids is 1. The first-order valence-corrected chi connectivity index (χ1v) is 15.7. The molecule has 0 aliphatic rings. The molecule has 7 nitrogen and oxygen atoms in total. The van der Waals surface area contributed by atoms with Gasteiger partial charge in [-0.2, -0.15) is 0 Å². The number of nitrogens with zero attached hydrogens (tertiary/aromatic N) is 1. The van der Waals surface area contributed by atoms with Crippen molar-refractivity contribution in [2.45, 2.75) is 51.3 Å². The van der Waals surface area contributed by atoms with Gasteiger partial charge in [0, 0.05) is 6.42 Å². The van der Waals surface area contributed by atoms with Gasteiger partial charge >= 0.3 is 11.0 Å². The highest BCUT2D eigenvalue weighted by molar-refractivity contribution is 7.09. The summed E-state index contributed by atoms with van der Waals surface area (Å²) in [4.78, 5) is 26.3. The fourth-order valence-electron chi connectivity index (χ4n) is 5.40. The summed E-state index contributed by atoms with van der Waals surface area (Å²) in [7, 11) is 0. The Morgan fingerprint density at radius 2 is 1.31 bits per heavy atom. The molecule has 4 aromatic carbocycles. The van der Waals surface area contributed by atoms with Gasteiger partial charge in [-0.25, -0.2) is 4.79 Å². The lowest BCUT2D eigenvalue weighted by Crippen LogP contribution is -2.42. The largest absolute Gasteiger partial charge is 0.494 e. The average Bonchev–Trinajstić information content (AvgIpc) is 3.30. The molecule has 0 radical (unpaired) electrons. The quantitative estimate of drug-likeness (QED) is 0.159. The van der Waals surface area contributed by atoms with Crippen molar-refractivity contribution in [2.75, 3.05) is 6.61 Å². The van der Waals surface area contributed by atoms with Crippen molar-refractivity contribution in [1.82, 2.24) is 9.88 Å². The Bertz CT molecular complexity index is 1660. The van der Waals surface area contributed by atoms with Gasteiger partial charge in [-0.15, -0.1) is 0 Å². The Kier molecular flexibility index (Phi) is 9.44. The van der Waals surface area contributed by atoms with E-state index >= 15 is 0 Å². The van der Waals surface area contributed by atoms with Crippen LogP contribution in [0.5, 0.6) is 11.6 Å². The Labute approximate surface area is 267 Å². The normalized spacial score (nSPS) is 12.4. The second-order valence-electron chi connectivity index (χ2n) is 11.9. The number of aromatic hydroxyl groups is 1. The van der Waals surface area contributed by atoms with Crippen LogP contribution in [0.2, 0.25) is 0 Å². The smallest absolute Gasteiger partial charge is 0.407 e. The van der Waals surface area contributed by atoms with Crippen LogP contribution in [0.4, 0.5) is 4.79 Å². The maximum absolute atomic E-state index is 13.9. The molecular weight excluding hydrogens is 584 g/mol. The van der Waals surface area contributed by atoms with Crippen molar-refractivity contribution in [1.29, 1.82) is 0 Å². The maximum atomic E-state index is 13.9. The van der Waals surface area contributed by atoms with E-state index in [1.807, 2.05) is 143 Å². The summed E-state index contributed by atoms with van der Waals surface area (Å²) < 4.78 is 12.7. The van der Waals surface area contributed by atoms with Crippen molar-refractivity contribution in [2.24, 2.45) is 0 Å². The second kappa shape index (κ2) is 13.4. The summed E-state index contributed by atoms with van der Waals surface area (Å²) >= 11 is 1.05. The zero-order chi connectivity index (χ0) is 32.0. The van der Waals surface area contributed by atoms with Crippen LogP contribution in [0.15, 0.2) is 120 Å². The monoisotopic (exact) mass is 622 g/mol. The number of ether oxygens (including phenoxy) is 2. The lowest BCUT2D eigenvalue weighted by molar-refractivity contribution is 0.0494. The molecule has 232 valence electrons. The first-order chi connectivity index (χ1) is 21.6. The average molecular weight is 623 g/mol. The van der Waals surface area contributed by atoms with E-state index < -0.39 is 17.2 Å². The zero-order valence-electron chi connectivity index (χ0n) is 25.9. The number of rotatable bonds is 10. The number of thiazole rings is 1. The number of hydrogen-bond acceptors (Lipinski definition) is 6. The summed E-state index contributed by atoms with van der Waals surface area (Å²) in [5.74, 6) is 0.576. The Morgan fingerprint density at radius 3 is 1.78 bits per heavy atom. The van der Waals surface area contributed by atoms with E-state index in [-0.39, 0.29) is 23.4 Å². The molecular formula is C37H38N2O5S. The van der Waals surface area contributed by atoms with Gasteiger partial charge in [-0.3, -0.25) is 9.36 Å². The highest BCUT2D eigenvalue weighted by Gasteiger charge is 2.42.